The molecule has 9 heteroatoms. The molecule has 0 bridgehead atoms. The summed E-state index contributed by atoms with van der Waals surface area (Å²) in [5, 5.41) is 3.96. The maximum absolute atomic E-state index is 12.8. The van der Waals surface area contributed by atoms with Crippen LogP contribution in [0.15, 0.2) is 64.3 Å². The number of amidine groups is 1. The molecule has 2 heterocycles. The van der Waals surface area contributed by atoms with Crippen molar-refractivity contribution in [2.45, 2.75) is 26.5 Å². The van der Waals surface area contributed by atoms with E-state index in [4.69, 9.17) is 32.7 Å². The van der Waals surface area contributed by atoms with Gasteiger partial charge in [-0.3, -0.25) is 0 Å². The van der Waals surface area contributed by atoms with Gasteiger partial charge < -0.3 is 14.4 Å². The molecule has 4 rings (SSSR count). The monoisotopic (exact) mass is 600 g/mol. The third-order valence-corrected chi connectivity index (χ3v) is 7.19. The Morgan fingerprint density at radius 3 is 2.78 bits per heavy atom. The summed E-state index contributed by atoms with van der Waals surface area (Å²) in [7, 11) is 0. The normalized spacial score (nSPS) is 17.3. The minimum Gasteiger partial charge on any atom is -0.488 e. The number of fused-ring (bicyclic) bond motifs is 1. The number of nitrogens with zero attached hydrogens (tertiary/aromatic N) is 2. The molecule has 0 radical (unpaired) electrons. The van der Waals surface area contributed by atoms with Crippen LogP contribution in [0.2, 0.25) is 10.0 Å². The lowest BCUT2D eigenvalue weighted by atomic mass is 9.95. The molecular weight excluding hydrogens is 582 g/mol. The number of rotatable bonds is 6. The van der Waals surface area contributed by atoms with Gasteiger partial charge in [0.25, 0.3) is 0 Å². The van der Waals surface area contributed by atoms with Crippen molar-refractivity contribution in [1.29, 1.82) is 0 Å². The summed E-state index contributed by atoms with van der Waals surface area (Å²) < 4.78 is 12.3. The molecule has 2 aliphatic heterocycles. The lowest BCUT2D eigenvalue weighted by molar-refractivity contribution is -0.139. The van der Waals surface area contributed by atoms with Gasteiger partial charge in [0.05, 0.1) is 27.5 Å². The molecule has 0 saturated carbocycles. The smallest absolute Gasteiger partial charge is 0.338 e. The number of carbonyl (C=O) groups is 1. The van der Waals surface area contributed by atoms with Crippen molar-refractivity contribution in [3.63, 3.8) is 0 Å². The number of ether oxygens (including phenoxy) is 2. The summed E-state index contributed by atoms with van der Waals surface area (Å²) in [4.78, 5) is 19.4. The zero-order valence-corrected chi connectivity index (χ0v) is 21.8. The van der Waals surface area contributed by atoms with Crippen molar-refractivity contribution in [1.82, 2.24) is 4.90 Å². The third-order valence-electron chi connectivity index (χ3n) is 4.99. The molecule has 32 heavy (non-hydrogen) atoms. The first-order valence-electron chi connectivity index (χ1n) is 9.83. The van der Waals surface area contributed by atoms with Gasteiger partial charge in [-0.1, -0.05) is 47.1 Å². The number of thioether (sulfide) groups is 1. The highest BCUT2D eigenvalue weighted by molar-refractivity contribution is 14.1. The molecule has 5 nitrogen and oxygen atoms in total. The SMILES string of the molecule is CCOC(=O)C1=C(C)N=C2SC=CN2[C@H]1c1ccc(OCc2ccc(Cl)cc2Cl)c(I)c1. The van der Waals surface area contributed by atoms with E-state index in [1.54, 1.807) is 19.1 Å². The van der Waals surface area contributed by atoms with E-state index < -0.39 is 0 Å². The first-order valence-corrected chi connectivity index (χ1v) is 12.5. The lowest BCUT2D eigenvalue weighted by Crippen LogP contribution is -2.34. The predicted octanol–water partition coefficient (Wildman–Crippen LogP) is 6.94. The van der Waals surface area contributed by atoms with Crippen molar-refractivity contribution in [2.75, 3.05) is 6.61 Å². The van der Waals surface area contributed by atoms with Gasteiger partial charge in [-0.15, -0.1) is 0 Å². The van der Waals surface area contributed by atoms with E-state index in [1.807, 2.05) is 47.7 Å². The van der Waals surface area contributed by atoms with E-state index >= 15 is 0 Å². The number of allylic oxidation sites excluding steroid dienone is 1. The van der Waals surface area contributed by atoms with Gasteiger partial charge in [0.1, 0.15) is 12.4 Å². The van der Waals surface area contributed by atoms with Gasteiger partial charge in [0, 0.05) is 21.8 Å². The van der Waals surface area contributed by atoms with E-state index in [0.29, 0.717) is 34.5 Å². The first kappa shape index (κ1) is 23.5. The second-order valence-electron chi connectivity index (χ2n) is 7.04. The zero-order valence-electron chi connectivity index (χ0n) is 17.3. The van der Waals surface area contributed by atoms with E-state index in [1.165, 1.54) is 11.8 Å². The summed E-state index contributed by atoms with van der Waals surface area (Å²) >= 11 is 16.0. The Morgan fingerprint density at radius 1 is 1.25 bits per heavy atom. The Balaban J connectivity index is 1.62. The van der Waals surface area contributed by atoms with Crippen molar-refractivity contribution in [2.24, 2.45) is 4.99 Å². The van der Waals surface area contributed by atoms with Gasteiger partial charge in [-0.25, -0.2) is 9.79 Å². The van der Waals surface area contributed by atoms with Crippen LogP contribution in [0.4, 0.5) is 0 Å². The number of hydrogen-bond donors (Lipinski definition) is 0. The molecule has 166 valence electrons. The van der Waals surface area contributed by atoms with Crippen molar-refractivity contribution >= 4 is 68.7 Å². The van der Waals surface area contributed by atoms with E-state index in [9.17, 15) is 4.79 Å². The molecule has 0 unspecified atom stereocenters. The summed E-state index contributed by atoms with van der Waals surface area (Å²) in [5.74, 6) is 0.380. The van der Waals surface area contributed by atoms with Crippen LogP contribution in [-0.2, 0) is 16.1 Å². The molecule has 0 saturated heterocycles. The number of hydrogen-bond acceptors (Lipinski definition) is 6. The Morgan fingerprint density at radius 2 is 2.06 bits per heavy atom. The van der Waals surface area contributed by atoms with Gasteiger partial charge in [0.15, 0.2) is 5.17 Å². The molecule has 2 aliphatic rings. The van der Waals surface area contributed by atoms with Crippen LogP contribution in [0.3, 0.4) is 0 Å². The lowest BCUT2D eigenvalue weighted by Gasteiger charge is -2.33. The Kier molecular flexibility index (Phi) is 7.39. The van der Waals surface area contributed by atoms with Crippen LogP contribution < -0.4 is 4.74 Å². The number of carbonyl (C=O) groups excluding carboxylic acids is 1. The van der Waals surface area contributed by atoms with Crippen molar-refractivity contribution < 1.29 is 14.3 Å². The molecule has 2 aromatic rings. The van der Waals surface area contributed by atoms with E-state index in [0.717, 1.165) is 25.6 Å². The van der Waals surface area contributed by atoms with Crippen LogP contribution in [-0.4, -0.2) is 22.6 Å². The zero-order chi connectivity index (χ0) is 22.8. The molecule has 0 N–H and O–H groups in total. The van der Waals surface area contributed by atoms with Crippen LogP contribution in [0.25, 0.3) is 0 Å². The topological polar surface area (TPSA) is 51.1 Å². The minimum atomic E-state index is -0.351. The highest BCUT2D eigenvalue weighted by Gasteiger charge is 2.37. The molecule has 2 aromatic carbocycles. The number of aliphatic imine (C=N–C) groups is 1. The van der Waals surface area contributed by atoms with Crippen LogP contribution in [0.5, 0.6) is 5.75 Å². The Labute approximate surface area is 214 Å². The van der Waals surface area contributed by atoms with E-state index in [2.05, 4.69) is 27.6 Å². The average Bonchev–Trinajstić information content (AvgIpc) is 3.21. The summed E-state index contributed by atoms with van der Waals surface area (Å²) in [6, 6.07) is 10.9. The molecule has 0 amide bonds. The van der Waals surface area contributed by atoms with Crippen molar-refractivity contribution in [3.05, 3.63) is 84.0 Å². The highest BCUT2D eigenvalue weighted by atomic mass is 127. The average molecular weight is 601 g/mol. The van der Waals surface area contributed by atoms with Crippen LogP contribution in [0, 0.1) is 3.57 Å². The minimum absolute atomic E-state index is 0.307. The van der Waals surface area contributed by atoms with Gasteiger partial charge in [-0.2, -0.15) is 0 Å². The third kappa shape index (κ3) is 4.81. The fourth-order valence-corrected chi connectivity index (χ4v) is 5.45. The molecular formula is C23H19Cl2IN2O3S. The molecule has 0 aliphatic carbocycles. The number of halogens is 3. The second kappa shape index (κ2) is 10.1. The van der Waals surface area contributed by atoms with Crippen molar-refractivity contribution in [3.8, 4) is 5.75 Å². The summed E-state index contributed by atoms with van der Waals surface area (Å²) in [6.07, 6.45) is 1.94. The summed E-state index contributed by atoms with van der Waals surface area (Å²) in [5.41, 5.74) is 3.02. The van der Waals surface area contributed by atoms with E-state index in [-0.39, 0.29) is 12.0 Å². The maximum Gasteiger partial charge on any atom is 0.338 e. The molecule has 0 spiro atoms. The quantitative estimate of drug-likeness (QED) is 0.265. The largest absolute Gasteiger partial charge is 0.488 e. The standard InChI is InChI=1S/C23H19Cl2IN2O3S/c1-3-30-22(29)20-13(2)27-23-28(8-9-32-23)21(20)14-5-7-19(18(26)10-14)31-12-15-4-6-16(24)11-17(15)25/h4-11,21H,3,12H2,1-2H3/t21-/m0/s1. The van der Waals surface area contributed by atoms with Crippen LogP contribution >= 0.6 is 57.6 Å². The fraction of sp³-hybridized carbons (Fsp3) is 0.217. The van der Waals surface area contributed by atoms with Gasteiger partial charge in [0.2, 0.25) is 0 Å². The molecule has 0 aromatic heterocycles. The van der Waals surface area contributed by atoms with Gasteiger partial charge >= 0.3 is 5.97 Å². The molecule has 0 fully saturated rings. The fourth-order valence-electron chi connectivity index (χ4n) is 3.50. The highest BCUT2D eigenvalue weighted by Crippen LogP contribution is 2.42. The van der Waals surface area contributed by atoms with Gasteiger partial charge in [-0.05, 0) is 71.7 Å². The predicted molar refractivity (Wildman–Crippen MR) is 138 cm³/mol. The number of esters is 1. The second-order valence-corrected chi connectivity index (χ2v) is 9.92. The van der Waals surface area contributed by atoms with Crippen LogP contribution in [0.1, 0.15) is 31.0 Å². The summed E-state index contributed by atoms with van der Waals surface area (Å²) in [6.45, 7) is 4.28. The number of benzene rings is 2. The molecule has 1 atom stereocenters. The first-order chi connectivity index (χ1) is 15.4. The Bertz CT molecular complexity index is 1170. The Hall–Kier alpha value is -1.68. The maximum atomic E-state index is 12.8.